The first-order valence-electron chi connectivity index (χ1n) is 3.68. The minimum absolute atomic E-state index is 0.0388. The molecule has 0 saturated carbocycles. The van der Waals surface area contributed by atoms with Gasteiger partial charge in [-0.3, -0.25) is 4.79 Å². The Morgan fingerprint density at radius 2 is 2.09 bits per heavy atom. The summed E-state index contributed by atoms with van der Waals surface area (Å²) in [6.07, 6.45) is 4.97. The summed E-state index contributed by atoms with van der Waals surface area (Å²) in [5.41, 5.74) is 1.12. The molecule has 2 nitrogen and oxygen atoms in total. The van der Waals surface area contributed by atoms with Gasteiger partial charge in [0, 0.05) is 12.5 Å². The molecule has 60 valence electrons. The van der Waals surface area contributed by atoms with Crippen molar-refractivity contribution in [2.24, 2.45) is 0 Å². The number of carbonyl (C=O) groups is 1. The van der Waals surface area contributed by atoms with Gasteiger partial charge in [-0.2, -0.15) is 0 Å². The van der Waals surface area contributed by atoms with E-state index in [0.29, 0.717) is 0 Å². The number of ketones is 1. The van der Waals surface area contributed by atoms with Crippen LogP contribution in [-0.4, -0.2) is 12.9 Å². The third-order valence-corrected chi connectivity index (χ3v) is 1.72. The lowest BCUT2D eigenvalue weighted by Gasteiger charge is -2.01. The average Bonchev–Trinajstić information content (AvgIpc) is 2.11. The summed E-state index contributed by atoms with van der Waals surface area (Å²) in [5, 5.41) is 0. The summed E-state index contributed by atoms with van der Waals surface area (Å²) in [7, 11) is 1.60. The molecule has 11 heavy (non-hydrogen) atoms. The molecule has 0 aromatic heterocycles. The Balaban J connectivity index is 2.75. The lowest BCUT2D eigenvalue weighted by atomic mass is 10.2. The van der Waals surface area contributed by atoms with Gasteiger partial charge in [0.25, 0.3) is 0 Å². The van der Waals surface area contributed by atoms with E-state index in [0.717, 1.165) is 24.2 Å². The highest BCUT2D eigenvalue weighted by Crippen LogP contribution is 2.15. The maximum absolute atomic E-state index is 11.0. The van der Waals surface area contributed by atoms with Crippen LogP contribution in [0.4, 0.5) is 0 Å². The normalized spacial score (nSPS) is 18.5. The van der Waals surface area contributed by atoms with E-state index in [4.69, 9.17) is 4.74 Å². The summed E-state index contributed by atoms with van der Waals surface area (Å²) in [4.78, 5) is 11.0. The van der Waals surface area contributed by atoms with E-state index < -0.39 is 0 Å². The topological polar surface area (TPSA) is 26.3 Å². The molecule has 0 fully saturated rings. The van der Waals surface area contributed by atoms with Crippen LogP contribution < -0.4 is 0 Å². The molecule has 0 N–H and O–H groups in total. The first-order valence-corrected chi connectivity index (χ1v) is 3.68. The Kier molecular flexibility index (Phi) is 2.47. The quantitative estimate of drug-likeness (QED) is 0.573. The summed E-state index contributed by atoms with van der Waals surface area (Å²) < 4.78 is 5.00. The smallest absolute Gasteiger partial charge is 0.181 e. The van der Waals surface area contributed by atoms with Gasteiger partial charge in [-0.15, -0.1) is 0 Å². The van der Waals surface area contributed by atoms with E-state index >= 15 is 0 Å². The van der Waals surface area contributed by atoms with Gasteiger partial charge in [0.2, 0.25) is 0 Å². The number of hydrogen-bond donors (Lipinski definition) is 0. The minimum atomic E-state index is 0.0388. The van der Waals surface area contributed by atoms with Crippen molar-refractivity contribution in [1.82, 2.24) is 0 Å². The first kappa shape index (κ1) is 8.05. The predicted octanol–water partition coefficient (Wildman–Crippen LogP) is 1.83. The standard InChI is InChI=1S/C9H12O2/c1-7-3-4-9(11-2)6-8(10)5-7/h5-6H,3-4H2,1-2H3. The van der Waals surface area contributed by atoms with Gasteiger partial charge in [0.15, 0.2) is 5.78 Å². The second-order valence-electron chi connectivity index (χ2n) is 2.71. The highest BCUT2D eigenvalue weighted by molar-refractivity contribution is 6.00. The number of allylic oxidation sites excluding steroid dienone is 4. The van der Waals surface area contributed by atoms with Crippen molar-refractivity contribution < 1.29 is 9.53 Å². The van der Waals surface area contributed by atoms with Crippen molar-refractivity contribution in [2.45, 2.75) is 19.8 Å². The lowest BCUT2D eigenvalue weighted by molar-refractivity contribution is -0.110. The molecule has 0 radical (unpaired) electrons. The Bertz CT molecular complexity index is 224. The zero-order valence-corrected chi connectivity index (χ0v) is 6.89. The highest BCUT2D eigenvalue weighted by Gasteiger charge is 2.06. The Hall–Kier alpha value is -1.05. The van der Waals surface area contributed by atoms with E-state index in [1.165, 1.54) is 0 Å². The largest absolute Gasteiger partial charge is 0.501 e. The zero-order valence-electron chi connectivity index (χ0n) is 6.89. The van der Waals surface area contributed by atoms with Crippen LogP contribution in [0.3, 0.4) is 0 Å². The number of carbonyl (C=O) groups excluding carboxylic acids is 1. The number of methoxy groups -OCH3 is 1. The fraction of sp³-hybridized carbons (Fsp3) is 0.444. The summed E-state index contributed by atoms with van der Waals surface area (Å²) in [5.74, 6) is 0.819. The van der Waals surface area contributed by atoms with Crippen LogP contribution in [0.15, 0.2) is 23.5 Å². The van der Waals surface area contributed by atoms with E-state index in [9.17, 15) is 4.79 Å². The van der Waals surface area contributed by atoms with E-state index in [2.05, 4.69) is 0 Å². The van der Waals surface area contributed by atoms with Crippen LogP contribution in [0.5, 0.6) is 0 Å². The highest BCUT2D eigenvalue weighted by atomic mass is 16.5. The van der Waals surface area contributed by atoms with Crippen molar-refractivity contribution >= 4 is 5.78 Å². The number of ether oxygens (including phenoxy) is 1. The van der Waals surface area contributed by atoms with Crippen molar-refractivity contribution in [2.75, 3.05) is 7.11 Å². The van der Waals surface area contributed by atoms with Gasteiger partial charge in [0.05, 0.1) is 12.9 Å². The van der Waals surface area contributed by atoms with Crippen LogP contribution in [0.25, 0.3) is 0 Å². The molecular weight excluding hydrogens is 140 g/mol. The van der Waals surface area contributed by atoms with Gasteiger partial charge in [-0.1, -0.05) is 5.57 Å². The predicted molar refractivity (Wildman–Crippen MR) is 43.1 cm³/mol. The van der Waals surface area contributed by atoms with E-state index in [1.54, 1.807) is 19.3 Å². The van der Waals surface area contributed by atoms with Gasteiger partial charge in [-0.05, 0) is 19.4 Å². The molecule has 0 heterocycles. The van der Waals surface area contributed by atoms with Crippen molar-refractivity contribution in [3.05, 3.63) is 23.5 Å². The molecule has 0 bridgehead atoms. The van der Waals surface area contributed by atoms with E-state index in [1.807, 2.05) is 6.92 Å². The van der Waals surface area contributed by atoms with Crippen LogP contribution in [0, 0.1) is 0 Å². The third-order valence-electron chi connectivity index (χ3n) is 1.72. The molecule has 0 atom stereocenters. The Morgan fingerprint density at radius 3 is 2.73 bits per heavy atom. The molecular formula is C9H12O2. The molecule has 0 aromatic rings. The van der Waals surface area contributed by atoms with Crippen molar-refractivity contribution in [3.63, 3.8) is 0 Å². The molecule has 0 spiro atoms. The summed E-state index contributed by atoms with van der Waals surface area (Å²) >= 11 is 0. The van der Waals surface area contributed by atoms with Gasteiger partial charge in [0.1, 0.15) is 0 Å². The van der Waals surface area contributed by atoms with Crippen LogP contribution in [0.2, 0.25) is 0 Å². The molecule has 0 aromatic carbocycles. The zero-order chi connectivity index (χ0) is 8.27. The Labute approximate surface area is 66.5 Å². The fourth-order valence-corrected chi connectivity index (χ4v) is 1.07. The molecule has 1 aliphatic rings. The summed E-state index contributed by atoms with van der Waals surface area (Å²) in [6.45, 7) is 1.96. The maximum atomic E-state index is 11.0. The fourth-order valence-electron chi connectivity index (χ4n) is 1.07. The van der Waals surface area contributed by atoms with Gasteiger partial charge < -0.3 is 4.74 Å². The van der Waals surface area contributed by atoms with Gasteiger partial charge in [-0.25, -0.2) is 0 Å². The molecule has 0 saturated heterocycles. The minimum Gasteiger partial charge on any atom is -0.501 e. The molecule has 0 amide bonds. The van der Waals surface area contributed by atoms with Crippen LogP contribution in [0.1, 0.15) is 19.8 Å². The SMILES string of the molecule is COC1=CC(=O)C=C(C)CC1. The molecule has 2 heteroatoms. The molecule has 0 unspecified atom stereocenters. The lowest BCUT2D eigenvalue weighted by Crippen LogP contribution is -1.89. The second-order valence-corrected chi connectivity index (χ2v) is 2.71. The monoisotopic (exact) mass is 152 g/mol. The van der Waals surface area contributed by atoms with Crippen LogP contribution in [-0.2, 0) is 9.53 Å². The van der Waals surface area contributed by atoms with Crippen molar-refractivity contribution in [1.29, 1.82) is 0 Å². The number of rotatable bonds is 1. The maximum Gasteiger partial charge on any atom is 0.181 e. The Morgan fingerprint density at radius 1 is 1.36 bits per heavy atom. The first-order chi connectivity index (χ1) is 5.22. The number of hydrogen-bond acceptors (Lipinski definition) is 2. The van der Waals surface area contributed by atoms with Crippen molar-refractivity contribution in [3.8, 4) is 0 Å². The third kappa shape index (κ3) is 2.22. The van der Waals surface area contributed by atoms with Crippen LogP contribution >= 0.6 is 0 Å². The average molecular weight is 152 g/mol. The summed E-state index contributed by atoms with van der Waals surface area (Å²) in [6, 6.07) is 0. The molecule has 1 aliphatic carbocycles. The van der Waals surface area contributed by atoms with Gasteiger partial charge >= 0.3 is 0 Å². The van der Waals surface area contributed by atoms with E-state index in [-0.39, 0.29) is 5.78 Å². The second kappa shape index (κ2) is 3.37. The molecule has 0 aliphatic heterocycles. The molecule has 1 rings (SSSR count).